The summed E-state index contributed by atoms with van der Waals surface area (Å²) >= 11 is 0. The summed E-state index contributed by atoms with van der Waals surface area (Å²) in [6.45, 7) is 0. The molecule has 0 radical (unpaired) electrons. The zero-order valence-corrected chi connectivity index (χ0v) is 11.9. The van der Waals surface area contributed by atoms with Gasteiger partial charge in [0.2, 0.25) is 5.91 Å². The number of sulfone groups is 1. The quantitative estimate of drug-likeness (QED) is 0.642. The van der Waals surface area contributed by atoms with Crippen molar-refractivity contribution in [3.63, 3.8) is 0 Å². The first-order valence-corrected chi connectivity index (χ1v) is 8.31. The van der Waals surface area contributed by atoms with Crippen LogP contribution in [0.5, 0.6) is 0 Å². The van der Waals surface area contributed by atoms with E-state index in [1.54, 1.807) is 18.2 Å². The first-order valence-electron chi connectivity index (χ1n) is 6.49. The summed E-state index contributed by atoms with van der Waals surface area (Å²) in [6, 6.07) is 7.13. The maximum absolute atomic E-state index is 11.7. The van der Waals surface area contributed by atoms with Crippen molar-refractivity contribution in [2.75, 3.05) is 17.2 Å². The number of nitrogens with one attached hydrogen (secondary N) is 1. The summed E-state index contributed by atoms with van der Waals surface area (Å²) in [7, 11) is -2.89. The van der Waals surface area contributed by atoms with E-state index in [-0.39, 0.29) is 23.5 Å². The number of carbonyl (C=O) groups excluding carboxylic acids is 1. The fourth-order valence-corrected chi connectivity index (χ4v) is 3.55. The zero-order valence-electron chi connectivity index (χ0n) is 11.1. The summed E-state index contributed by atoms with van der Waals surface area (Å²) in [5.74, 6) is 0.102. The fraction of sp³-hybridized carbons (Fsp3) is 0.357. The lowest BCUT2D eigenvalue weighted by molar-refractivity contribution is -0.117. The van der Waals surface area contributed by atoms with Crippen molar-refractivity contribution in [1.82, 2.24) is 5.32 Å². The van der Waals surface area contributed by atoms with Gasteiger partial charge in [-0.15, -0.1) is 0 Å². The lowest BCUT2D eigenvalue weighted by Gasteiger charge is -2.22. The van der Waals surface area contributed by atoms with E-state index < -0.39 is 9.84 Å². The van der Waals surface area contributed by atoms with Crippen molar-refractivity contribution < 1.29 is 13.2 Å². The van der Waals surface area contributed by atoms with Gasteiger partial charge in [-0.25, -0.2) is 8.42 Å². The highest BCUT2D eigenvalue weighted by molar-refractivity contribution is 7.91. The first kappa shape index (κ1) is 14.6. The van der Waals surface area contributed by atoms with Crippen molar-refractivity contribution in [3.05, 3.63) is 35.9 Å². The predicted molar refractivity (Wildman–Crippen MR) is 79.7 cm³/mol. The van der Waals surface area contributed by atoms with E-state index in [2.05, 4.69) is 5.32 Å². The Morgan fingerprint density at radius 1 is 1.20 bits per heavy atom. The van der Waals surface area contributed by atoms with Crippen molar-refractivity contribution in [3.8, 4) is 0 Å². The fourth-order valence-electron chi connectivity index (χ4n) is 2.06. The molecule has 1 heterocycles. The average molecular weight is 294 g/mol. The third-order valence-corrected chi connectivity index (χ3v) is 4.98. The van der Waals surface area contributed by atoms with Crippen molar-refractivity contribution in [2.45, 2.75) is 18.9 Å². The molecule has 0 aliphatic carbocycles. The molecule has 2 rings (SSSR count). The molecule has 1 aromatic carbocycles. The number of hydrogen-bond acceptors (Lipinski definition) is 4. The highest BCUT2D eigenvalue weighted by atomic mass is 32.2. The molecular weight excluding hydrogens is 276 g/mol. The number of carbonyl (C=O) groups is 1. The van der Waals surface area contributed by atoms with Crippen LogP contribution in [0.2, 0.25) is 0 Å². The molecule has 1 aliphatic heterocycles. The van der Waals surface area contributed by atoms with E-state index in [1.165, 1.54) is 6.08 Å². The highest BCUT2D eigenvalue weighted by Crippen LogP contribution is 2.12. The second-order valence-corrected chi connectivity index (χ2v) is 7.24. The lowest BCUT2D eigenvalue weighted by Crippen LogP contribution is -2.40. The summed E-state index contributed by atoms with van der Waals surface area (Å²) < 4.78 is 22.6. The second-order valence-electron chi connectivity index (χ2n) is 4.93. The van der Waals surface area contributed by atoms with Gasteiger partial charge in [-0.05, 0) is 36.6 Å². The largest absolute Gasteiger partial charge is 0.399 e. The molecule has 0 saturated carbocycles. The maximum Gasteiger partial charge on any atom is 0.244 e. The van der Waals surface area contributed by atoms with Gasteiger partial charge in [-0.3, -0.25) is 4.79 Å². The minimum atomic E-state index is -2.89. The molecule has 0 spiro atoms. The topological polar surface area (TPSA) is 89.3 Å². The Hall–Kier alpha value is -1.82. The Labute approximate surface area is 118 Å². The molecule has 3 N–H and O–H groups in total. The van der Waals surface area contributed by atoms with Crippen LogP contribution in [0.3, 0.4) is 0 Å². The molecule has 1 aliphatic rings. The molecule has 1 fully saturated rings. The standard InChI is InChI=1S/C14H18N2O3S/c15-12-4-1-11(2-5-12)3-6-14(17)16-13-7-9-20(18,19)10-8-13/h1-6,13H,7-10,15H2,(H,16,17)/b6-3+. The van der Waals surface area contributed by atoms with Crippen molar-refractivity contribution in [1.29, 1.82) is 0 Å². The molecule has 108 valence electrons. The molecule has 20 heavy (non-hydrogen) atoms. The first-order chi connectivity index (χ1) is 9.44. The Kier molecular flexibility index (Phi) is 4.44. The van der Waals surface area contributed by atoms with Gasteiger partial charge in [0, 0.05) is 17.8 Å². The number of hydrogen-bond donors (Lipinski definition) is 2. The Morgan fingerprint density at radius 3 is 2.40 bits per heavy atom. The number of nitrogens with two attached hydrogens (primary N) is 1. The van der Waals surface area contributed by atoms with Gasteiger partial charge in [0.05, 0.1) is 11.5 Å². The summed E-state index contributed by atoms with van der Waals surface area (Å²) in [4.78, 5) is 11.7. The summed E-state index contributed by atoms with van der Waals surface area (Å²) in [5, 5.41) is 2.82. The van der Waals surface area contributed by atoms with Gasteiger partial charge in [0.25, 0.3) is 0 Å². The van der Waals surface area contributed by atoms with Crippen LogP contribution in [0.1, 0.15) is 18.4 Å². The molecule has 5 nitrogen and oxygen atoms in total. The third kappa shape index (κ3) is 4.38. The summed E-state index contributed by atoms with van der Waals surface area (Å²) in [6.07, 6.45) is 4.14. The molecule has 0 aromatic heterocycles. The van der Waals surface area contributed by atoms with Crippen LogP contribution in [0.4, 0.5) is 5.69 Å². The minimum Gasteiger partial charge on any atom is -0.399 e. The van der Waals surface area contributed by atoms with E-state index >= 15 is 0 Å². The molecule has 6 heteroatoms. The van der Waals surface area contributed by atoms with Crippen molar-refractivity contribution in [2.24, 2.45) is 0 Å². The van der Waals surface area contributed by atoms with Crippen LogP contribution in [0, 0.1) is 0 Å². The van der Waals surface area contributed by atoms with E-state index in [1.807, 2.05) is 12.1 Å². The van der Waals surface area contributed by atoms with Crippen LogP contribution in [0.15, 0.2) is 30.3 Å². The average Bonchev–Trinajstić information content (AvgIpc) is 2.41. The number of rotatable bonds is 3. The van der Waals surface area contributed by atoms with Crippen molar-refractivity contribution >= 4 is 27.5 Å². The van der Waals surface area contributed by atoms with E-state index in [4.69, 9.17) is 5.73 Å². The normalized spacial score (nSPS) is 19.0. The van der Waals surface area contributed by atoms with Gasteiger partial charge >= 0.3 is 0 Å². The van der Waals surface area contributed by atoms with Crippen LogP contribution < -0.4 is 11.1 Å². The lowest BCUT2D eigenvalue weighted by atomic mass is 10.1. The maximum atomic E-state index is 11.7. The minimum absolute atomic E-state index is 0.0536. The van der Waals surface area contributed by atoms with Gasteiger partial charge in [0.1, 0.15) is 9.84 Å². The molecule has 0 atom stereocenters. The summed E-state index contributed by atoms with van der Waals surface area (Å²) in [5.41, 5.74) is 7.14. The number of anilines is 1. The molecule has 1 aromatic rings. The van der Waals surface area contributed by atoms with Crippen LogP contribution in [-0.2, 0) is 14.6 Å². The number of benzene rings is 1. The SMILES string of the molecule is Nc1ccc(/C=C/C(=O)NC2CCS(=O)(=O)CC2)cc1. The van der Waals surface area contributed by atoms with Crippen LogP contribution in [-0.4, -0.2) is 31.9 Å². The van der Waals surface area contributed by atoms with Gasteiger partial charge < -0.3 is 11.1 Å². The van der Waals surface area contributed by atoms with Crippen LogP contribution in [0.25, 0.3) is 6.08 Å². The van der Waals surface area contributed by atoms with Gasteiger partial charge in [0.15, 0.2) is 0 Å². The van der Waals surface area contributed by atoms with Gasteiger partial charge in [-0.2, -0.15) is 0 Å². The predicted octanol–water partition coefficient (Wildman–Crippen LogP) is 0.975. The van der Waals surface area contributed by atoms with E-state index in [9.17, 15) is 13.2 Å². The zero-order chi connectivity index (χ0) is 14.6. The van der Waals surface area contributed by atoms with E-state index in [0.29, 0.717) is 18.5 Å². The van der Waals surface area contributed by atoms with Gasteiger partial charge in [-0.1, -0.05) is 12.1 Å². The Bertz CT molecular complexity index is 592. The Morgan fingerprint density at radius 2 is 1.80 bits per heavy atom. The highest BCUT2D eigenvalue weighted by Gasteiger charge is 2.23. The monoisotopic (exact) mass is 294 g/mol. The molecule has 0 unspecified atom stereocenters. The second kappa shape index (κ2) is 6.09. The third-order valence-electron chi connectivity index (χ3n) is 3.26. The smallest absolute Gasteiger partial charge is 0.244 e. The number of amides is 1. The van der Waals surface area contributed by atoms with E-state index in [0.717, 1.165) is 5.56 Å². The molecule has 1 amide bonds. The molecular formula is C14H18N2O3S. The van der Waals surface area contributed by atoms with Crippen LogP contribution >= 0.6 is 0 Å². The number of nitrogen functional groups attached to an aromatic ring is 1. The molecule has 0 bridgehead atoms. The molecule has 1 saturated heterocycles. The Balaban J connectivity index is 1.85.